The average Bonchev–Trinajstić information content (AvgIpc) is 2.58. The molecule has 2 aromatic carbocycles. The molecule has 0 aliphatic rings. The summed E-state index contributed by atoms with van der Waals surface area (Å²) in [6, 6.07) is 16.1. The molecule has 0 fully saturated rings. The molecule has 134 valence electrons. The highest BCUT2D eigenvalue weighted by Gasteiger charge is 2.20. The van der Waals surface area contributed by atoms with Crippen LogP contribution in [0.3, 0.4) is 0 Å². The molecule has 3 N–H and O–H groups in total. The molecule has 25 heavy (non-hydrogen) atoms. The van der Waals surface area contributed by atoms with Crippen LogP contribution < -0.4 is 10.0 Å². The van der Waals surface area contributed by atoms with Crippen molar-refractivity contribution < 1.29 is 18.3 Å². The average molecular weight is 362 g/mol. The highest BCUT2D eigenvalue weighted by Crippen LogP contribution is 2.22. The zero-order valence-corrected chi connectivity index (χ0v) is 14.8. The number of aromatic hydroxyl groups is 1. The number of carbonyl (C=O) groups excluding carboxylic acids is 1. The molecule has 0 aromatic heterocycles. The number of hydrogen-bond acceptors (Lipinski definition) is 4. The van der Waals surface area contributed by atoms with Crippen molar-refractivity contribution in [1.82, 2.24) is 10.0 Å². The summed E-state index contributed by atoms with van der Waals surface area (Å²) >= 11 is 0. The lowest BCUT2D eigenvalue weighted by Crippen LogP contribution is -2.37. The number of phenolic OH excluding ortho intramolecular Hbond substituents is 1. The topological polar surface area (TPSA) is 95.5 Å². The lowest BCUT2D eigenvalue weighted by Gasteiger charge is -2.17. The van der Waals surface area contributed by atoms with E-state index in [-0.39, 0.29) is 24.7 Å². The number of amides is 1. The van der Waals surface area contributed by atoms with Crippen LogP contribution in [0.5, 0.6) is 5.75 Å². The molecule has 1 amide bonds. The molecule has 2 rings (SSSR count). The molecule has 1 atom stereocenters. The number of phenols is 1. The van der Waals surface area contributed by atoms with E-state index in [4.69, 9.17) is 0 Å². The van der Waals surface area contributed by atoms with Gasteiger partial charge in [-0.25, -0.2) is 13.1 Å². The van der Waals surface area contributed by atoms with Gasteiger partial charge < -0.3 is 10.4 Å². The zero-order chi connectivity index (χ0) is 18.3. The van der Waals surface area contributed by atoms with Gasteiger partial charge in [-0.3, -0.25) is 4.79 Å². The Balaban J connectivity index is 2.06. The molecular formula is C18H22N2O4S. The predicted octanol–water partition coefficient (Wildman–Crippen LogP) is 1.38. The summed E-state index contributed by atoms with van der Waals surface area (Å²) in [4.78, 5) is 12.6. The molecule has 7 heteroatoms. The monoisotopic (exact) mass is 362 g/mol. The molecule has 0 saturated heterocycles. The summed E-state index contributed by atoms with van der Waals surface area (Å²) in [5, 5.41) is 12.2. The van der Waals surface area contributed by atoms with E-state index in [0.717, 1.165) is 17.4 Å². The van der Waals surface area contributed by atoms with Gasteiger partial charge in [0.15, 0.2) is 0 Å². The molecule has 0 aliphatic carbocycles. The highest BCUT2D eigenvalue weighted by atomic mass is 32.2. The molecule has 0 saturated carbocycles. The van der Waals surface area contributed by atoms with Crippen molar-refractivity contribution in [3.8, 4) is 5.75 Å². The number of hydrogen-bond donors (Lipinski definition) is 3. The third-order valence-electron chi connectivity index (χ3n) is 3.68. The molecule has 0 unspecified atom stereocenters. The first-order valence-corrected chi connectivity index (χ1v) is 9.79. The Morgan fingerprint density at radius 1 is 1.04 bits per heavy atom. The van der Waals surface area contributed by atoms with E-state index in [1.165, 1.54) is 0 Å². The molecule has 0 bridgehead atoms. The first-order valence-electron chi connectivity index (χ1n) is 7.90. The van der Waals surface area contributed by atoms with Crippen LogP contribution >= 0.6 is 0 Å². The maximum Gasteiger partial charge on any atom is 0.227 e. The van der Waals surface area contributed by atoms with Gasteiger partial charge in [-0.05, 0) is 29.7 Å². The number of carbonyl (C=O) groups is 1. The smallest absolute Gasteiger partial charge is 0.227 e. The van der Waals surface area contributed by atoms with E-state index in [9.17, 15) is 18.3 Å². The normalized spacial score (nSPS) is 12.5. The summed E-state index contributed by atoms with van der Waals surface area (Å²) in [5.41, 5.74) is 1.81. The van der Waals surface area contributed by atoms with E-state index in [1.54, 1.807) is 24.3 Å². The molecule has 0 heterocycles. The minimum Gasteiger partial charge on any atom is -0.508 e. The molecular weight excluding hydrogens is 340 g/mol. The second-order valence-corrected chi connectivity index (χ2v) is 7.62. The van der Waals surface area contributed by atoms with E-state index in [1.807, 2.05) is 30.3 Å². The maximum atomic E-state index is 12.6. The first-order chi connectivity index (χ1) is 11.8. The Labute approximate surface area is 147 Å². The van der Waals surface area contributed by atoms with Crippen molar-refractivity contribution >= 4 is 15.9 Å². The van der Waals surface area contributed by atoms with Gasteiger partial charge in [0.2, 0.25) is 15.9 Å². The van der Waals surface area contributed by atoms with Gasteiger partial charge in [-0.2, -0.15) is 0 Å². The molecule has 0 radical (unpaired) electrons. The lowest BCUT2D eigenvalue weighted by molar-refractivity contribution is -0.122. The Morgan fingerprint density at radius 3 is 2.28 bits per heavy atom. The number of sulfonamides is 1. The molecule has 6 nitrogen and oxygen atoms in total. The van der Waals surface area contributed by atoms with Crippen molar-refractivity contribution in [2.75, 3.05) is 19.3 Å². The van der Waals surface area contributed by atoms with Gasteiger partial charge in [-0.1, -0.05) is 42.5 Å². The van der Waals surface area contributed by atoms with Crippen LogP contribution in [-0.2, 0) is 21.2 Å². The first kappa shape index (κ1) is 19.0. The summed E-state index contributed by atoms with van der Waals surface area (Å²) in [6.07, 6.45) is 1.56. The van der Waals surface area contributed by atoms with E-state index in [2.05, 4.69) is 10.0 Å². The van der Waals surface area contributed by atoms with Crippen molar-refractivity contribution in [2.45, 2.75) is 12.3 Å². The minimum atomic E-state index is -3.27. The van der Waals surface area contributed by atoms with Crippen molar-refractivity contribution in [1.29, 1.82) is 0 Å². The Bertz CT molecular complexity index is 790. The molecule has 0 aliphatic heterocycles. The van der Waals surface area contributed by atoms with E-state index in [0.29, 0.717) is 6.42 Å². The van der Waals surface area contributed by atoms with Crippen molar-refractivity contribution in [2.24, 2.45) is 0 Å². The van der Waals surface area contributed by atoms with Crippen LogP contribution in [0.25, 0.3) is 0 Å². The van der Waals surface area contributed by atoms with Gasteiger partial charge in [0, 0.05) is 13.1 Å². The van der Waals surface area contributed by atoms with Crippen LogP contribution in [0.2, 0.25) is 0 Å². The standard InChI is InChI=1S/C18H22N2O4S/c1-25(23,24)20-12-11-19-18(22)17(15-5-3-2-4-6-15)13-14-7-9-16(21)10-8-14/h2-10,17,20-21H,11-13H2,1H3,(H,19,22)/t17-/m0/s1. The lowest BCUT2D eigenvalue weighted by atomic mass is 9.91. The van der Waals surface area contributed by atoms with Crippen LogP contribution in [0.1, 0.15) is 17.0 Å². The van der Waals surface area contributed by atoms with Crippen molar-refractivity contribution in [3.05, 3.63) is 65.7 Å². The number of rotatable bonds is 8. The fraction of sp³-hybridized carbons (Fsp3) is 0.278. The minimum absolute atomic E-state index is 0.144. The van der Waals surface area contributed by atoms with Crippen LogP contribution in [-0.4, -0.2) is 38.8 Å². The highest BCUT2D eigenvalue weighted by molar-refractivity contribution is 7.88. The Hall–Kier alpha value is -2.38. The molecule has 0 spiro atoms. The predicted molar refractivity (Wildman–Crippen MR) is 96.9 cm³/mol. The van der Waals surface area contributed by atoms with Gasteiger partial charge in [0.1, 0.15) is 5.75 Å². The van der Waals surface area contributed by atoms with Crippen molar-refractivity contribution in [3.63, 3.8) is 0 Å². The second kappa shape index (κ2) is 8.64. The summed E-state index contributed by atoms with van der Waals surface area (Å²) in [6.45, 7) is 0.357. The van der Waals surface area contributed by atoms with Gasteiger partial charge in [0.05, 0.1) is 12.2 Å². The Kier molecular flexibility index (Phi) is 6.55. The summed E-state index contributed by atoms with van der Waals surface area (Å²) < 4.78 is 24.5. The third-order valence-corrected chi connectivity index (χ3v) is 4.41. The van der Waals surface area contributed by atoms with Gasteiger partial charge in [-0.15, -0.1) is 0 Å². The fourth-order valence-corrected chi connectivity index (χ4v) is 2.93. The third kappa shape index (κ3) is 6.56. The number of nitrogens with one attached hydrogen (secondary N) is 2. The Morgan fingerprint density at radius 2 is 1.68 bits per heavy atom. The maximum absolute atomic E-state index is 12.6. The largest absolute Gasteiger partial charge is 0.508 e. The second-order valence-electron chi connectivity index (χ2n) is 5.79. The quantitative estimate of drug-likeness (QED) is 0.618. The van der Waals surface area contributed by atoms with Crippen LogP contribution in [0, 0.1) is 0 Å². The van der Waals surface area contributed by atoms with Gasteiger partial charge >= 0.3 is 0 Å². The van der Waals surface area contributed by atoms with Gasteiger partial charge in [0.25, 0.3) is 0 Å². The van der Waals surface area contributed by atoms with E-state index >= 15 is 0 Å². The summed E-state index contributed by atoms with van der Waals surface area (Å²) in [5.74, 6) is -0.394. The van der Waals surface area contributed by atoms with Crippen LogP contribution in [0.15, 0.2) is 54.6 Å². The summed E-state index contributed by atoms with van der Waals surface area (Å²) in [7, 11) is -3.27. The zero-order valence-electron chi connectivity index (χ0n) is 14.0. The van der Waals surface area contributed by atoms with E-state index < -0.39 is 15.9 Å². The SMILES string of the molecule is CS(=O)(=O)NCCNC(=O)[C@@H](Cc1ccc(O)cc1)c1ccccc1. The number of benzene rings is 2. The molecule has 2 aromatic rings. The van der Waals surface area contributed by atoms with Crippen LogP contribution in [0.4, 0.5) is 0 Å². The fourth-order valence-electron chi connectivity index (χ4n) is 2.46.